The van der Waals surface area contributed by atoms with Crippen LogP contribution in [0, 0.1) is 12.7 Å². The van der Waals surface area contributed by atoms with Crippen LogP contribution in [0.4, 0.5) is 4.39 Å². The highest BCUT2D eigenvalue weighted by Gasteiger charge is 2.30. The fourth-order valence-corrected chi connectivity index (χ4v) is 2.81. The molecule has 1 heterocycles. The van der Waals surface area contributed by atoms with Gasteiger partial charge in [0, 0.05) is 12.0 Å². The van der Waals surface area contributed by atoms with Crippen molar-refractivity contribution >= 4 is 11.6 Å². The second kappa shape index (κ2) is 6.83. The molecule has 1 N–H and O–H groups in total. The van der Waals surface area contributed by atoms with E-state index in [0.29, 0.717) is 17.7 Å². The van der Waals surface area contributed by atoms with Gasteiger partial charge in [-0.25, -0.2) is 4.39 Å². The van der Waals surface area contributed by atoms with Crippen LogP contribution in [-0.2, 0) is 9.63 Å². The van der Waals surface area contributed by atoms with E-state index >= 15 is 0 Å². The molecular weight excluding hydrogens is 307 g/mol. The number of nitrogens with zero attached hydrogens (tertiary/aromatic N) is 1. The average molecular weight is 326 g/mol. The number of aryl methyl sites for hydroxylation is 1. The molecule has 0 fully saturated rings. The van der Waals surface area contributed by atoms with E-state index in [9.17, 15) is 9.18 Å². The first-order valence-corrected chi connectivity index (χ1v) is 7.89. The van der Waals surface area contributed by atoms with Crippen LogP contribution in [0.15, 0.2) is 53.7 Å². The second-order valence-electron chi connectivity index (χ2n) is 5.93. The minimum atomic E-state index is -0.685. The lowest BCUT2D eigenvalue weighted by molar-refractivity contribution is -0.131. The van der Waals surface area contributed by atoms with Gasteiger partial charge in [0.2, 0.25) is 6.10 Å². The van der Waals surface area contributed by atoms with Gasteiger partial charge in [0.1, 0.15) is 5.82 Å². The maximum atomic E-state index is 13.3. The summed E-state index contributed by atoms with van der Waals surface area (Å²) in [5.74, 6) is -0.558. The van der Waals surface area contributed by atoms with Gasteiger partial charge in [0.25, 0.3) is 5.91 Å². The van der Waals surface area contributed by atoms with Gasteiger partial charge in [-0.1, -0.05) is 41.6 Å². The molecule has 2 atom stereocenters. The molecule has 5 heteroatoms. The summed E-state index contributed by atoms with van der Waals surface area (Å²) in [5, 5.41) is 6.89. The van der Waals surface area contributed by atoms with Gasteiger partial charge >= 0.3 is 0 Å². The van der Waals surface area contributed by atoms with Gasteiger partial charge < -0.3 is 10.2 Å². The monoisotopic (exact) mass is 326 g/mol. The Hall–Kier alpha value is -2.69. The van der Waals surface area contributed by atoms with Crippen LogP contribution >= 0.6 is 0 Å². The fraction of sp³-hybridized carbons (Fsp3) is 0.263. The largest absolute Gasteiger partial charge is 0.382 e. The van der Waals surface area contributed by atoms with E-state index in [4.69, 9.17) is 4.84 Å². The Kier molecular flexibility index (Phi) is 4.60. The zero-order valence-corrected chi connectivity index (χ0v) is 13.6. The van der Waals surface area contributed by atoms with Crippen molar-refractivity contribution in [1.29, 1.82) is 0 Å². The summed E-state index contributed by atoms with van der Waals surface area (Å²) in [6, 6.07) is 13.9. The van der Waals surface area contributed by atoms with Crippen LogP contribution in [0.1, 0.15) is 36.1 Å². The summed E-state index contributed by atoms with van der Waals surface area (Å²) >= 11 is 0. The number of hydrogen-bond acceptors (Lipinski definition) is 3. The van der Waals surface area contributed by atoms with Crippen LogP contribution in [0.5, 0.6) is 0 Å². The summed E-state index contributed by atoms with van der Waals surface area (Å²) in [6.45, 7) is 3.94. The standard InChI is InChI=1S/C19H19FN2O2/c1-12-6-3-4-9-16(12)13(2)21-19(23)18-11-17(22-24-18)14-7-5-8-15(20)10-14/h3-10,13,18H,11H2,1-2H3,(H,21,23)/t13-,18+/m1/s1. The lowest BCUT2D eigenvalue weighted by Gasteiger charge is -2.18. The van der Waals surface area contributed by atoms with Crippen molar-refractivity contribution in [1.82, 2.24) is 5.32 Å². The number of halogens is 1. The van der Waals surface area contributed by atoms with Crippen LogP contribution < -0.4 is 5.32 Å². The molecule has 0 saturated heterocycles. The average Bonchev–Trinajstić information content (AvgIpc) is 3.05. The highest BCUT2D eigenvalue weighted by molar-refractivity contribution is 6.04. The molecule has 0 bridgehead atoms. The number of rotatable bonds is 4. The van der Waals surface area contributed by atoms with Gasteiger partial charge in [0.15, 0.2) is 0 Å². The van der Waals surface area contributed by atoms with Gasteiger partial charge in [-0.3, -0.25) is 4.79 Å². The van der Waals surface area contributed by atoms with Crippen LogP contribution in [0.25, 0.3) is 0 Å². The SMILES string of the molecule is Cc1ccccc1[C@@H](C)NC(=O)[C@@H]1CC(c2cccc(F)c2)=NO1. The first-order chi connectivity index (χ1) is 11.5. The zero-order valence-electron chi connectivity index (χ0n) is 13.6. The van der Waals surface area contributed by atoms with E-state index in [1.165, 1.54) is 12.1 Å². The fourth-order valence-electron chi connectivity index (χ4n) is 2.81. The molecule has 2 aromatic rings. The third-order valence-electron chi connectivity index (χ3n) is 4.13. The van der Waals surface area contributed by atoms with E-state index < -0.39 is 6.10 Å². The second-order valence-corrected chi connectivity index (χ2v) is 5.93. The van der Waals surface area contributed by atoms with E-state index in [1.807, 2.05) is 38.1 Å². The molecule has 1 aliphatic rings. The number of amides is 1. The number of hydrogen-bond donors (Lipinski definition) is 1. The number of benzene rings is 2. The lowest BCUT2D eigenvalue weighted by Crippen LogP contribution is -2.36. The Bertz CT molecular complexity index is 788. The minimum Gasteiger partial charge on any atom is -0.382 e. The van der Waals surface area contributed by atoms with E-state index in [0.717, 1.165) is 11.1 Å². The number of carbonyl (C=O) groups excluding carboxylic acids is 1. The normalized spacial score (nSPS) is 17.8. The van der Waals surface area contributed by atoms with Crippen molar-refractivity contribution in [2.45, 2.75) is 32.4 Å². The molecular formula is C19H19FN2O2. The van der Waals surface area contributed by atoms with Gasteiger partial charge in [-0.2, -0.15) is 0 Å². The maximum absolute atomic E-state index is 13.3. The Balaban J connectivity index is 1.63. The molecule has 0 saturated carbocycles. The summed E-state index contributed by atoms with van der Waals surface area (Å²) in [4.78, 5) is 17.6. The first kappa shape index (κ1) is 16.2. The molecule has 3 rings (SSSR count). The molecule has 2 aromatic carbocycles. The molecule has 0 aromatic heterocycles. The van der Waals surface area contributed by atoms with Crippen molar-refractivity contribution in [3.05, 3.63) is 71.0 Å². The highest BCUT2D eigenvalue weighted by Crippen LogP contribution is 2.20. The molecule has 24 heavy (non-hydrogen) atoms. The smallest absolute Gasteiger partial charge is 0.264 e. The van der Waals surface area contributed by atoms with Crippen LogP contribution in [0.3, 0.4) is 0 Å². The van der Waals surface area contributed by atoms with E-state index in [-0.39, 0.29) is 17.8 Å². The first-order valence-electron chi connectivity index (χ1n) is 7.89. The summed E-state index contributed by atoms with van der Waals surface area (Å²) in [7, 11) is 0. The Labute approximate surface area is 140 Å². The Morgan fingerprint density at radius 3 is 2.83 bits per heavy atom. The minimum absolute atomic E-state index is 0.125. The third kappa shape index (κ3) is 3.45. The van der Waals surface area contributed by atoms with Crippen molar-refractivity contribution < 1.29 is 14.0 Å². The quantitative estimate of drug-likeness (QED) is 0.935. The van der Waals surface area contributed by atoms with Crippen LogP contribution in [-0.4, -0.2) is 17.7 Å². The molecule has 1 aliphatic heterocycles. The lowest BCUT2D eigenvalue weighted by atomic mass is 10.0. The predicted molar refractivity (Wildman–Crippen MR) is 90.2 cm³/mol. The molecule has 0 aliphatic carbocycles. The summed E-state index contributed by atoms with van der Waals surface area (Å²) in [5.41, 5.74) is 3.40. The zero-order chi connectivity index (χ0) is 17.1. The van der Waals surface area contributed by atoms with Gasteiger partial charge in [-0.15, -0.1) is 0 Å². The van der Waals surface area contributed by atoms with Crippen LogP contribution in [0.2, 0.25) is 0 Å². The number of carbonyl (C=O) groups is 1. The Morgan fingerprint density at radius 1 is 1.29 bits per heavy atom. The highest BCUT2D eigenvalue weighted by atomic mass is 19.1. The predicted octanol–water partition coefficient (Wildman–Crippen LogP) is 3.50. The van der Waals surface area contributed by atoms with E-state index in [2.05, 4.69) is 10.5 Å². The molecule has 1 amide bonds. The van der Waals surface area contributed by atoms with E-state index in [1.54, 1.807) is 12.1 Å². The summed E-state index contributed by atoms with van der Waals surface area (Å²) < 4.78 is 13.3. The topological polar surface area (TPSA) is 50.7 Å². The molecule has 124 valence electrons. The maximum Gasteiger partial charge on any atom is 0.264 e. The Morgan fingerprint density at radius 2 is 2.08 bits per heavy atom. The third-order valence-corrected chi connectivity index (χ3v) is 4.13. The van der Waals surface area contributed by atoms with Crippen molar-refractivity contribution in [2.24, 2.45) is 5.16 Å². The molecule has 0 radical (unpaired) electrons. The summed E-state index contributed by atoms with van der Waals surface area (Å²) in [6.07, 6.45) is -0.356. The van der Waals surface area contributed by atoms with Crippen molar-refractivity contribution in [3.8, 4) is 0 Å². The van der Waals surface area contributed by atoms with Crippen molar-refractivity contribution in [2.75, 3.05) is 0 Å². The van der Waals surface area contributed by atoms with Crippen molar-refractivity contribution in [3.63, 3.8) is 0 Å². The van der Waals surface area contributed by atoms with Gasteiger partial charge in [-0.05, 0) is 37.1 Å². The molecule has 0 spiro atoms. The molecule has 4 nitrogen and oxygen atoms in total. The number of oxime groups is 1. The number of nitrogens with one attached hydrogen (secondary N) is 1. The van der Waals surface area contributed by atoms with Gasteiger partial charge in [0.05, 0.1) is 11.8 Å². The molecule has 0 unspecified atom stereocenters.